The van der Waals surface area contributed by atoms with Gasteiger partial charge in [0.05, 0.1) is 11.5 Å². The molecule has 0 aromatic heterocycles. The Morgan fingerprint density at radius 1 is 1.38 bits per heavy atom. The van der Waals surface area contributed by atoms with E-state index in [1.807, 2.05) is 6.92 Å². The largest absolute Gasteiger partial charge is 0.481 e. The molecule has 0 aromatic rings. The Kier molecular flexibility index (Phi) is 5.25. The predicted octanol–water partition coefficient (Wildman–Crippen LogP) is 1.87. The molecule has 3 atom stereocenters. The number of nitrogens with zero attached hydrogens (tertiary/aromatic N) is 1. The molecule has 0 saturated carbocycles. The van der Waals surface area contributed by atoms with Crippen LogP contribution < -0.4 is 5.32 Å². The molecule has 2 aliphatic rings. The van der Waals surface area contributed by atoms with Gasteiger partial charge in [-0.2, -0.15) is 0 Å². The first-order valence-electron chi connectivity index (χ1n) is 8.28. The summed E-state index contributed by atoms with van der Waals surface area (Å²) in [6.45, 7) is 6.03. The lowest BCUT2D eigenvalue weighted by molar-refractivity contribution is -0.149. The number of likely N-dealkylation sites (tertiary alicyclic amines) is 1. The Labute approximate surface area is 127 Å². The van der Waals surface area contributed by atoms with Gasteiger partial charge in [-0.1, -0.05) is 26.7 Å². The van der Waals surface area contributed by atoms with Crippen molar-refractivity contribution < 1.29 is 14.7 Å². The molecule has 120 valence electrons. The molecule has 21 heavy (non-hydrogen) atoms. The maximum absolute atomic E-state index is 12.6. The Morgan fingerprint density at radius 3 is 2.76 bits per heavy atom. The fourth-order valence-electron chi connectivity index (χ4n) is 3.80. The SMILES string of the molecule is CCCC1(C(=O)O)CCN(C(=O)C2CC(CC)CCN2)C1. The Hall–Kier alpha value is -1.10. The van der Waals surface area contributed by atoms with Gasteiger partial charge in [0, 0.05) is 13.1 Å². The van der Waals surface area contributed by atoms with Crippen molar-refractivity contribution in [3.8, 4) is 0 Å². The summed E-state index contributed by atoms with van der Waals surface area (Å²) >= 11 is 0. The summed E-state index contributed by atoms with van der Waals surface area (Å²) in [5.74, 6) is -0.0299. The molecule has 0 radical (unpaired) electrons. The number of aliphatic carboxylic acids is 1. The van der Waals surface area contributed by atoms with Gasteiger partial charge in [-0.15, -0.1) is 0 Å². The average Bonchev–Trinajstić information content (AvgIpc) is 2.92. The highest BCUT2D eigenvalue weighted by molar-refractivity contribution is 5.84. The number of nitrogens with one attached hydrogen (secondary N) is 1. The molecule has 2 aliphatic heterocycles. The Morgan fingerprint density at radius 2 is 2.14 bits per heavy atom. The second-order valence-corrected chi connectivity index (χ2v) is 6.65. The van der Waals surface area contributed by atoms with Crippen LogP contribution in [-0.4, -0.2) is 47.6 Å². The van der Waals surface area contributed by atoms with Gasteiger partial charge in [0.25, 0.3) is 0 Å². The fraction of sp³-hybridized carbons (Fsp3) is 0.875. The minimum absolute atomic E-state index is 0.104. The first-order valence-corrected chi connectivity index (χ1v) is 8.28. The quantitative estimate of drug-likeness (QED) is 0.812. The second-order valence-electron chi connectivity index (χ2n) is 6.65. The van der Waals surface area contributed by atoms with E-state index in [1.54, 1.807) is 4.90 Å². The van der Waals surface area contributed by atoms with Crippen LogP contribution in [0.1, 0.15) is 52.4 Å². The van der Waals surface area contributed by atoms with Crippen LogP contribution in [0.4, 0.5) is 0 Å². The highest BCUT2D eigenvalue weighted by Gasteiger charge is 2.46. The normalized spacial score (nSPS) is 33.1. The summed E-state index contributed by atoms with van der Waals surface area (Å²) in [5, 5.41) is 12.8. The number of carbonyl (C=O) groups is 2. The van der Waals surface area contributed by atoms with Crippen molar-refractivity contribution in [1.29, 1.82) is 0 Å². The molecule has 3 unspecified atom stereocenters. The minimum atomic E-state index is -0.748. The highest BCUT2D eigenvalue weighted by atomic mass is 16.4. The van der Waals surface area contributed by atoms with E-state index < -0.39 is 11.4 Å². The van der Waals surface area contributed by atoms with E-state index in [9.17, 15) is 14.7 Å². The van der Waals surface area contributed by atoms with Gasteiger partial charge in [0.2, 0.25) is 5.91 Å². The molecular formula is C16H28N2O3. The second kappa shape index (κ2) is 6.77. The zero-order valence-corrected chi connectivity index (χ0v) is 13.2. The summed E-state index contributed by atoms with van der Waals surface area (Å²) in [7, 11) is 0. The monoisotopic (exact) mass is 296 g/mol. The molecule has 0 aliphatic carbocycles. The van der Waals surface area contributed by atoms with Crippen molar-refractivity contribution in [3.05, 3.63) is 0 Å². The number of carboxylic acid groups (broad SMARTS) is 1. The summed E-state index contributed by atoms with van der Waals surface area (Å²) in [6, 6.07) is -0.116. The fourth-order valence-corrected chi connectivity index (χ4v) is 3.80. The number of amides is 1. The van der Waals surface area contributed by atoms with E-state index in [1.165, 1.54) is 0 Å². The van der Waals surface area contributed by atoms with Crippen molar-refractivity contribution in [1.82, 2.24) is 10.2 Å². The number of carboxylic acids is 1. The molecule has 2 saturated heterocycles. The minimum Gasteiger partial charge on any atom is -0.481 e. The molecule has 2 heterocycles. The first-order chi connectivity index (χ1) is 10.0. The van der Waals surface area contributed by atoms with E-state index in [4.69, 9.17) is 0 Å². The van der Waals surface area contributed by atoms with Gasteiger partial charge in [0.1, 0.15) is 0 Å². The van der Waals surface area contributed by atoms with Gasteiger partial charge < -0.3 is 15.3 Å². The predicted molar refractivity (Wildman–Crippen MR) is 81.0 cm³/mol. The van der Waals surface area contributed by atoms with Gasteiger partial charge in [0.15, 0.2) is 0 Å². The molecule has 0 spiro atoms. The average molecular weight is 296 g/mol. The molecule has 5 heteroatoms. The summed E-state index contributed by atoms with van der Waals surface area (Å²) in [4.78, 5) is 26.0. The third-order valence-electron chi connectivity index (χ3n) is 5.24. The Bertz CT molecular complexity index is 399. The van der Waals surface area contributed by atoms with E-state index in [0.29, 0.717) is 31.8 Å². The summed E-state index contributed by atoms with van der Waals surface area (Å²) < 4.78 is 0. The third-order valence-corrected chi connectivity index (χ3v) is 5.24. The molecule has 2 N–H and O–H groups in total. The van der Waals surface area contributed by atoms with Crippen LogP contribution in [0.15, 0.2) is 0 Å². The van der Waals surface area contributed by atoms with Crippen molar-refractivity contribution in [3.63, 3.8) is 0 Å². The lowest BCUT2D eigenvalue weighted by Crippen LogP contribution is -2.50. The topological polar surface area (TPSA) is 69.6 Å². The molecule has 1 amide bonds. The Balaban J connectivity index is 1.99. The number of carbonyl (C=O) groups excluding carboxylic acids is 1. The zero-order valence-electron chi connectivity index (χ0n) is 13.2. The van der Waals surface area contributed by atoms with Crippen molar-refractivity contribution in [2.24, 2.45) is 11.3 Å². The van der Waals surface area contributed by atoms with E-state index in [-0.39, 0.29) is 11.9 Å². The molecule has 5 nitrogen and oxygen atoms in total. The van der Waals surface area contributed by atoms with E-state index >= 15 is 0 Å². The van der Waals surface area contributed by atoms with Crippen LogP contribution in [0.5, 0.6) is 0 Å². The maximum atomic E-state index is 12.6. The molecule has 2 fully saturated rings. The molecule has 2 rings (SSSR count). The third kappa shape index (κ3) is 3.39. The van der Waals surface area contributed by atoms with Gasteiger partial charge in [-0.3, -0.25) is 9.59 Å². The van der Waals surface area contributed by atoms with Gasteiger partial charge >= 0.3 is 5.97 Å². The van der Waals surface area contributed by atoms with Crippen molar-refractivity contribution in [2.75, 3.05) is 19.6 Å². The van der Waals surface area contributed by atoms with E-state index in [0.717, 1.165) is 32.2 Å². The lowest BCUT2D eigenvalue weighted by atomic mass is 9.82. The van der Waals surface area contributed by atoms with Gasteiger partial charge in [-0.25, -0.2) is 0 Å². The van der Waals surface area contributed by atoms with Crippen molar-refractivity contribution >= 4 is 11.9 Å². The van der Waals surface area contributed by atoms with Crippen LogP contribution >= 0.6 is 0 Å². The number of rotatable bonds is 5. The van der Waals surface area contributed by atoms with Crippen LogP contribution in [0.25, 0.3) is 0 Å². The van der Waals surface area contributed by atoms with Crippen molar-refractivity contribution in [2.45, 2.75) is 58.4 Å². The van der Waals surface area contributed by atoms with Crippen LogP contribution in [0, 0.1) is 11.3 Å². The highest BCUT2D eigenvalue weighted by Crippen LogP contribution is 2.36. The summed E-state index contributed by atoms with van der Waals surface area (Å²) in [6.07, 6.45) is 5.22. The molecule has 0 bridgehead atoms. The van der Waals surface area contributed by atoms with Crippen LogP contribution in [-0.2, 0) is 9.59 Å². The number of piperidine rings is 1. The smallest absolute Gasteiger partial charge is 0.311 e. The molecule has 0 aromatic carbocycles. The van der Waals surface area contributed by atoms with Gasteiger partial charge in [-0.05, 0) is 38.1 Å². The lowest BCUT2D eigenvalue weighted by Gasteiger charge is -2.32. The first kappa shape index (κ1) is 16.3. The summed E-state index contributed by atoms with van der Waals surface area (Å²) in [5.41, 5.74) is -0.719. The van der Waals surface area contributed by atoms with Crippen LogP contribution in [0.2, 0.25) is 0 Å². The number of hydrogen-bond acceptors (Lipinski definition) is 3. The molecular weight excluding hydrogens is 268 g/mol. The van der Waals surface area contributed by atoms with Crippen LogP contribution in [0.3, 0.4) is 0 Å². The zero-order chi connectivity index (χ0) is 15.5. The standard InChI is InChI=1S/C16H28N2O3/c1-3-6-16(15(20)21)7-9-18(11-16)14(19)13-10-12(4-2)5-8-17-13/h12-13,17H,3-11H2,1-2H3,(H,20,21). The van der Waals surface area contributed by atoms with E-state index in [2.05, 4.69) is 12.2 Å². The number of hydrogen-bond donors (Lipinski definition) is 2. The maximum Gasteiger partial charge on any atom is 0.311 e.